The number of amides is 1. The second kappa shape index (κ2) is 6.43. The molecule has 0 aliphatic carbocycles. The molecule has 0 radical (unpaired) electrons. The molecule has 2 N–H and O–H groups in total. The lowest BCUT2D eigenvalue weighted by atomic mass is 9.94. The Kier molecular flexibility index (Phi) is 4.83. The van der Waals surface area contributed by atoms with Crippen molar-refractivity contribution in [3.63, 3.8) is 0 Å². The highest BCUT2D eigenvalue weighted by molar-refractivity contribution is 5.68. The van der Waals surface area contributed by atoms with E-state index in [9.17, 15) is 4.79 Å². The summed E-state index contributed by atoms with van der Waals surface area (Å²) in [6.07, 6.45) is 3.62. The van der Waals surface area contributed by atoms with Gasteiger partial charge in [-0.05, 0) is 45.2 Å². The summed E-state index contributed by atoms with van der Waals surface area (Å²) in [5, 5.41) is 0. The minimum atomic E-state index is -0.453. The zero-order valence-electron chi connectivity index (χ0n) is 13.1. The van der Waals surface area contributed by atoms with Crippen LogP contribution in [0, 0.1) is 0 Å². The van der Waals surface area contributed by atoms with Crippen molar-refractivity contribution in [1.82, 2.24) is 9.88 Å². The topological polar surface area (TPSA) is 68.5 Å². The van der Waals surface area contributed by atoms with E-state index in [1.165, 1.54) is 0 Å². The number of nitrogens with zero attached hydrogens (tertiary/aromatic N) is 2. The van der Waals surface area contributed by atoms with Crippen molar-refractivity contribution in [3.8, 4) is 0 Å². The number of aromatic nitrogens is 1. The molecule has 1 aliphatic heterocycles. The first-order valence-corrected chi connectivity index (χ1v) is 7.52. The molecule has 0 bridgehead atoms. The van der Waals surface area contributed by atoms with Gasteiger partial charge in [-0.1, -0.05) is 6.07 Å². The van der Waals surface area contributed by atoms with Crippen molar-refractivity contribution in [2.45, 2.75) is 51.7 Å². The molecule has 5 heteroatoms. The van der Waals surface area contributed by atoms with Gasteiger partial charge in [-0.25, -0.2) is 4.79 Å². The molecule has 116 valence electrons. The molecule has 1 aliphatic rings. The fourth-order valence-electron chi connectivity index (χ4n) is 2.51. The highest BCUT2D eigenvalue weighted by Crippen LogP contribution is 2.26. The molecular weight excluding hydrogens is 266 g/mol. The molecule has 1 fully saturated rings. The van der Waals surface area contributed by atoms with Gasteiger partial charge < -0.3 is 15.4 Å². The summed E-state index contributed by atoms with van der Waals surface area (Å²) in [4.78, 5) is 18.4. The smallest absolute Gasteiger partial charge is 0.410 e. The molecule has 0 saturated carbocycles. The fourth-order valence-corrected chi connectivity index (χ4v) is 2.51. The van der Waals surface area contributed by atoms with Gasteiger partial charge in [-0.3, -0.25) is 4.98 Å². The van der Waals surface area contributed by atoms with Crippen molar-refractivity contribution in [2.75, 3.05) is 13.1 Å². The lowest BCUT2D eigenvalue weighted by Crippen LogP contribution is -2.42. The Hall–Kier alpha value is -1.62. The van der Waals surface area contributed by atoms with Gasteiger partial charge >= 0.3 is 6.09 Å². The highest BCUT2D eigenvalue weighted by atomic mass is 16.6. The number of likely N-dealkylation sites (tertiary alicyclic amines) is 1. The summed E-state index contributed by atoms with van der Waals surface area (Å²) in [5.74, 6) is 0.276. The number of hydrogen-bond acceptors (Lipinski definition) is 4. The average Bonchev–Trinajstić information content (AvgIpc) is 2.46. The predicted octanol–water partition coefficient (Wildman–Crippen LogP) is 2.65. The van der Waals surface area contributed by atoms with Gasteiger partial charge in [-0.2, -0.15) is 0 Å². The van der Waals surface area contributed by atoms with Gasteiger partial charge in [0.15, 0.2) is 0 Å². The minimum absolute atomic E-state index is 0.231. The van der Waals surface area contributed by atoms with E-state index < -0.39 is 5.60 Å². The van der Waals surface area contributed by atoms with E-state index in [2.05, 4.69) is 4.98 Å². The fraction of sp³-hybridized carbons (Fsp3) is 0.625. The molecular formula is C16H25N3O2. The lowest BCUT2D eigenvalue weighted by molar-refractivity contribution is 0.0197. The quantitative estimate of drug-likeness (QED) is 0.909. The first-order chi connectivity index (χ1) is 9.89. The zero-order valence-corrected chi connectivity index (χ0v) is 13.1. The van der Waals surface area contributed by atoms with E-state index in [4.69, 9.17) is 10.5 Å². The Labute approximate surface area is 126 Å². The number of nitrogens with two attached hydrogens (primary N) is 1. The van der Waals surface area contributed by atoms with Crippen LogP contribution in [0.5, 0.6) is 0 Å². The van der Waals surface area contributed by atoms with E-state index in [-0.39, 0.29) is 12.0 Å². The van der Waals surface area contributed by atoms with Crippen LogP contribution in [0.15, 0.2) is 18.3 Å². The Balaban J connectivity index is 2.01. The summed E-state index contributed by atoms with van der Waals surface area (Å²) < 4.78 is 5.45. The van der Waals surface area contributed by atoms with E-state index >= 15 is 0 Å². The number of piperidine rings is 1. The van der Waals surface area contributed by atoms with Crippen molar-refractivity contribution >= 4 is 6.09 Å². The van der Waals surface area contributed by atoms with Crippen LogP contribution in [0.2, 0.25) is 0 Å². The standard InChI is InChI=1S/C16H25N3O2/c1-16(2,3)21-15(20)19-8-4-5-13(11-19)14-7-6-12(9-17)10-18-14/h6-7,10,13H,4-5,8-9,11,17H2,1-3H3. The van der Waals surface area contributed by atoms with Gasteiger partial charge in [-0.15, -0.1) is 0 Å². The van der Waals surface area contributed by atoms with E-state index in [1.54, 1.807) is 4.90 Å². The predicted molar refractivity (Wildman–Crippen MR) is 81.9 cm³/mol. The molecule has 1 saturated heterocycles. The molecule has 0 aromatic carbocycles. The van der Waals surface area contributed by atoms with Crippen LogP contribution in [0.4, 0.5) is 4.79 Å². The Morgan fingerprint density at radius 1 is 1.48 bits per heavy atom. The first-order valence-electron chi connectivity index (χ1n) is 7.52. The number of carbonyl (C=O) groups excluding carboxylic acids is 1. The van der Waals surface area contributed by atoms with Crippen LogP contribution in [0.3, 0.4) is 0 Å². The Bertz CT molecular complexity index is 479. The third-order valence-corrected chi connectivity index (χ3v) is 3.57. The molecule has 1 atom stereocenters. The number of ether oxygens (including phenoxy) is 1. The second-order valence-corrected chi connectivity index (χ2v) is 6.56. The van der Waals surface area contributed by atoms with E-state index in [0.29, 0.717) is 13.1 Å². The van der Waals surface area contributed by atoms with Crippen LogP contribution in [0.25, 0.3) is 0 Å². The SMILES string of the molecule is CC(C)(C)OC(=O)N1CCCC(c2ccc(CN)cn2)C1. The maximum absolute atomic E-state index is 12.2. The van der Waals surface area contributed by atoms with Crippen LogP contribution in [-0.4, -0.2) is 34.7 Å². The van der Waals surface area contributed by atoms with Gasteiger partial charge in [0.05, 0.1) is 0 Å². The van der Waals surface area contributed by atoms with Gasteiger partial charge in [0.1, 0.15) is 5.60 Å². The van der Waals surface area contributed by atoms with Gasteiger partial charge in [0.25, 0.3) is 0 Å². The maximum atomic E-state index is 12.2. The van der Waals surface area contributed by atoms with Crippen molar-refractivity contribution in [3.05, 3.63) is 29.6 Å². The maximum Gasteiger partial charge on any atom is 0.410 e. The van der Waals surface area contributed by atoms with Crippen molar-refractivity contribution in [2.24, 2.45) is 5.73 Å². The molecule has 2 rings (SSSR count). The minimum Gasteiger partial charge on any atom is -0.444 e. The Morgan fingerprint density at radius 3 is 2.81 bits per heavy atom. The van der Waals surface area contributed by atoms with Crippen LogP contribution in [0.1, 0.15) is 50.8 Å². The molecule has 1 aromatic heterocycles. The van der Waals surface area contributed by atoms with Crippen molar-refractivity contribution in [1.29, 1.82) is 0 Å². The molecule has 1 unspecified atom stereocenters. The number of carbonyl (C=O) groups is 1. The average molecular weight is 291 g/mol. The summed E-state index contributed by atoms with van der Waals surface area (Å²) in [7, 11) is 0. The molecule has 1 aromatic rings. The third-order valence-electron chi connectivity index (χ3n) is 3.57. The van der Waals surface area contributed by atoms with Crippen LogP contribution < -0.4 is 5.73 Å². The van der Waals surface area contributed by atoms with Crippen LogP contribution >= 0.6 is 0 Å². The third kappa shape index (κ3) is 4.43. The monoisotopic (exact) mass is 291 g/mol. The van der Waals surface area contributed by atoms with E-state index in [1.807, 2.05) is 39.1 Å². The molecule has 2 heterocycles. The normalized spacial score (nSPS) is 19.4. The first kappa shape index (κ1) is 15.8. The highest BCUT2D eigenvalue weighted by Gasteiger charge is 2.28. The molecule has 5 nitrogen and oxygen atoms in total. The number of rotatable bonds is 2. The summed E-state index contributed by atoms with van der Waals surface area (Å²) >= 11 is 0. The van der Waals surface area contributed by atoms with Crippen molar-refractivity contribution < 1.29 is 9.53 Å². The Morgan fingerprint density at radius 2 is 2.24 bits per heavy atom. The lowest BCUT2D eigenvalue weighted by Gasteiger charge is -2.33. The summed E-state index contributed by atoms with van der Waals surface area (Å²) in [6, 6.07) is 4.03. The largest absolute Gasteiger partial charge is 0.444 e. The number of pyridine rings is 1. The van der Waals surface area contributed by atoms with Gasteiger partial charge in [0.2, 0.25) is 0 Å². The second-order valence-electron chi connectivity index (χ2n) is 6.56. The summed E-state index contributed by atoms with van der Waals surface area (Å²) in [5.41, 5.74) is 7.19. The molecule has 21 heavy (non-hydrogen) atoms. The molecule has 0 spiro atoms. The van der Waals surface area contributed by atoms with E-state index in [0.717, 1.165) is 30.6 Å². The summed E-state index contributed by atoms with van der Waals surface area (Å²) in [6.45, 7) is 7.59. The molecule has 1 amide bonds. The van der Waals surface area contributed by atoms with Gasteiger partial charge in [0, 0.05) is 37.4 Å². The zero-order chi connectivity index (χ0) is 15.5. The number of hydrogen-bond donors (Lipinski definition) is 1. The van der Waals surface area contributed by atoms with Crippen LogP contribution in [-0.2, 0) is 11.3 Å².